The molecule has 0 fully saturated rings. The van der Waals surface area contributed by atoms with E-state index in [0.29, 0.717) is 27.0 Å². The Morgan fingerprint density at radius 3 is 2.87 bits per heavy atom. The van der Waals surface area contributed by atoms with Gasteiger partial charge < -0.3 is 4.42 Å². The van der Waals surface area contributed by atoms with Crippen molar-refractivity contribution in [1.82, 2.24) is 4.98 Å². The van der Waals surface area contributed by atoms with Gasteiger partial charge in [-0.25, -0.2) is 4.98 Å². The maximum atomic E-state index is 6.07. The van der Waals surface area contributed by atoms with E-state index in [0.717, 1.165) is 17.3 Å². The van der Waals surface area contributed by atoms with Gasteiger partial charge in [0.2, 0.25) is 0 Å². The lowest BCUT2D eigenvalue weighted by atomic mass is 10.3. The summed E-state index contributed by atoms with van der Waals surface area (Å²) in [4.78, 5) is 4.30. The van der Waals surface area contributed by atoms with Crippen molar-refractivity contribution in [3.8, 4) is 0 Å². The van der Waals surface area contributed by atoms with E-state index in [1.54, 1.807) is 6.07 Å². The Morgan fingerprint density at radius 2 is 2.20 bits per heavy atom. The molecule has 0 N–H and O–H groups in total. The van der Waals surface area contributed by atoms with Crippen molar-refractivity contribution in [3.63, 3.8) is 0 Å². The molecule has 2 rings (SSSR count). The number of hydrogen-bond donors (Lipinski definition) is 0. The van der Waals surface area contributed by atoms with Crippen LogP contribution in [-0.4, -0.2) is 4.98 Å². The van der Waals surface area contributed by atoms with Gasteiger partial charge in [0, 0.05) is 10.9 Å². The minimum absolute atomic E-state index is 0.518. The van der Waals surface area contributed by atoms with Crippen LogP contribution in [0.2, 0.25) is 10.0 Å². The molecule has 2 nitrogen and oxygen atoms in total. The van der Waals surface area contributed by atoms with Crippen LogP contribution in [0.4, 0.5) is 0 Å². The first-order valence-corrected chi connectivity index (χ1v) is 6.11. The lowest BCUT2D eigenvalue weighted by Crippen LogP contribution is -1.80. The van der Waals surface area contributed by atoms with Gasteiger partial charge >= 0.3 is 0 Å². The Hall–Kier alpha value is -0.250. The molecule has 1 heterocycles. The van der Waals surface area contributed by atoms with Crippen molar-refractivity contribution in [2.75, 3.05) is 0 Å². The molecule has 0 aliphatic carbocycles. The summed E-state index contributed by atoms with van der Waals surface area (Å²) in [5.74, 6) is 0.675. The summed E-state index contributed by atoms with van der Waals surface area (Å²) in [6, 6.07) is 1.73. The number of aromatic nitrogens is 1. The van der Waals surface area contributed by atoms with Gasteiger partial charge in [0.25, 0.3) is 0 Å². The summed E-state index contributed by atoms with van der Waals surface area (Å²) in [6.45, 7) is 2.06. The van der Waals surface area contributed by atoms with Crippen LogP contribution < -0.4 is 0 Å². The van der Waals surface area contributed by atoms with Gasteiger partial charge in [0.15, 0.2) is 11.5 Å². The van der Waals surface area contributed by atoms with E-state index >= 15 is 0 Å². The van der Waals surface area contributed by atoms with Crippen LogP contribution in [0, 0.1) is 0 Å². The lowest BCUT2D eigenvalue weighted by Gasteiger charge is -1.96. The Kier molecular flexibility index (Phi) is 3.24. The van der Waals surface area contributed by atoms with E-state index in [2.05, 4.69) is 27.8 Å². The fourth-order valence-electron chi connectivity index (χ4n) is 1.35. The molecule has 0 atom stereocenters. The van der Waals surface area contributed by atoms with Crippen LogP contribution in [0.1, 0.15) is 19.2 Å². The monoisotopic (exact) mass is 307 g/mol. The van der Waals surface area contributed by atoms with E-state index in [1.807, 2.05) is 0 Å². The minimum atomic E-state index is 0.518. The molecule has 0 bridgehead atoms. The first-order chi connectivity index (χ1) is 7.13. The Labute approximate surface area is 106 Å². The third-order valence-corrected chi connectivity index (χ3v) is 3.54. The number of nitrogens with zero attached hydrogens (tertiary/aromatic N) is 1. The first kappa shape index (κ1) is 11.2. The van der Waals surface area contributed by atoms with Gasteiger partial charge in [-0.05, 0) is 28.4 Å². The average molecular weight is 309 g/mol. The van der Waals surface area contributed by atoms with Crippen molar-refractivity contribution in [1.29, 1.82) is 0 Å². The van der Waals surface area contributed by atoms with E-state index in [1.165, 1.54) is 0 Å². The molecule has 0 radical (unpaired) electrons. The first-order valence-electron chi connectivity index (χ1n) is 4.56. The average Bonchev–Trinajstić information content (AvgIpc) is 2.60. The molecule has 80 valence electrons. The lowest BCUT2D eigenvalue weighted by molar-refractivity contribution is 0.525. The van der Waals surface area contributed by atoms with Gasteiger partial charge in [0.05, 0.1) is 10.0 Å². The van der Waals surface area contributed by atoms with Crippen molar-refractivity contribution >= 4 is 50.2 Å². The molecule has 0 amide bonds. The topological polar surface area (TPSA) is 26.0 Å². The Morgan fingerprint density at radius 1 is 1.47 bits per heavy atom. The molecule has 0 unspecified atom stereocenters. The SMILES string of the molecule is CCCc1nc2c(Cl)cc(Br)c(Cl)c2o1. The van der Waals surface area contributed by atoms with Crippen LogP contribution in [0.3, 0.4) is 0 Å². The van der Waals surface area contributed by atoms with Crippen molar-refractivity contribution < 1.29 is 4.42 Å². The molecular formula is C10H8BrCl2NO. The molecule has 0 saturated heterocycles. The molecule has 5 heteroatoms. The highest BCUT2D eigenvalue weighted by Crippen LogP contribution is 2.36. The van der Waals surface area contributed by atoms with Gasteiger partial charge in [-0.15, -0.1) is 0 Å². The van der Waals surface area contributed by atoms with Gasteiger partial charge in [-0.2, -0.15) is 0 Å². The highest BCUT2D eigenvalue weighted by molar-refractivity contribution is 9.10. The summed E-state index contributed by atoms with van der Waals surface area (Å²) < 4.78 is 6.27. The van der Waals surface area contributed by atoms with Crippen LogP contribution >= 0.6 is 39.1 Å². The summed E-state index contributed by atoms with van der Waals surface area (Å²) in [7, 11) is 0. The van der Waals surface area contributed by atoms with Crippen molar-refractivity contribution in [2.24, 2.45) is 0 Å². The summed E-state index contributed by atoms with van der Waals surface area (Å²) >= 11 is 15.4. The second-order valence-corrected chi connectivity index (χ2v) is 4.83. The predicted octanol–water partition coefficient (Wildman–Crippen LogP) is 4.85. The number of rotatable bonds is 2. The highest BCUT2D eigenvalue weighted by atomic mass is 79.9. The van der Waals surface area contributed by atoms with E-state index in [9.17, 15) is 0 Å². The molecule has 1 aromatic heterocycles. The summed E-state index contributed by atoms with van der Waals surface area (Å²) in [6.07, 6.45) is 1.77. The molecular weight excluding hydrogens is 301 g/mol. The fraction of sp³-hybridized carbons (Fsp3) is 0.300. The van der Waals surface area contributed by atoms with Crippen LogP contribution in [0.15, 0.2) is 15.0 Å². The maximum absolute atomic E-state index is 6.07. The smallest absolute Gasteiger partial charge is 0.195 e. The molecule has 0 saturated carbocycles. The van der Waals surface area contributed by atoms with E-state index in [4.69, 9.17) is 27.6 Å². The van der Waals surface area contributed by atoms with Crippen molar-refractivity contribution in [3.05, 3.63) is 26.5 Å². The number of aryl methyl sites for hydroxylation is 1. The minimum Gasteiger partial charge on any atom is -0.439 e. The second-order valence-electron chi connectivity index (χ2n) is 3.19. The number of halogens is 3. The van der Waals surface area contributed by atoms with Gasteiger partial charge in [0.1, 0.15) is 5.52 Å². The quantitative estimate of drug-likeness (QED) is 0.741. The van der Waals surface area contributed by atoms with Gasteiger partial charge in [-0.3, -0.25) is 0 Å². The number of oxazole rings is 1. The fourth-order valence-corrected chi connectivity index (χ4v) is 2.31. The second kappa shape index (κ2) is 4.32. The van der Waals surface area contributed by atoms with Crippen LogP contribution in [0.25, 0.3) is 11.1 Å². The maximum Gasteiger partial charge on any atom is 0.195 e. The number of hydrogen-bond acceptors (Lipinski definition) is 2. The molecule has 2 aromatic rings. The summed E-state index contributed by atoms with van der Waals surface area (Å²) in [5, 5.41) is 1.07. The number of fused-ring (bicyclic) bond motifs is 1. The van der Waals surface area contributed by atoms with Crippen LogP contribution in [-0.2, 0) is 6.42 Å². The predicted molar refractivity (Wildman–Crippen MR) is 65.7 cm³/mol. The van der Waals surface area contributed by atoms with Crippen LogP contribution in [0.5, 0.6) is 0 Å². The molecule has 1 aromatic carbocycles. The zero-order valence-corrected chi connectivity index (χ0v) is 11.1. The third-order valence-electron chi connectivity index (χ3n) is 2.02. The molecule has 0 aliphatic rings. The molecule has 15 heavy (non-hydrogen) atoms. The molecule has 0 aliphatic heterocycles. The Balaban J connectivity index is 2.68. The third kappa shape index (κ3) is 2.01. The zero-order chi connectivity index (χ0) is 11.0. The number of benzene rings is 1. The highest BCUT2D eigenvalue weighted by Gasteiger charge is 2.14. The van der Waals surface area contributed by atoms with Crippen molar-refractivity contribution in [2.45, 2.75) is 19.8 Å². The largest absolute Gasteiger partial charge is 0.439 e. The zero-order valence-electron chi connectivity index (χ0n) is 7.98. The van der Waals surface area contributed by atoms with E-state index < -0.39 is 0 Å². The standard InChI is InChI=1S/C10H8BrCl2NO/c1-2-3-7-14-9-6(12)4-5(11)8(13)10(9)15-7/h4H,2-3H2,1H3. The summed E-state index contributed by atoms with van der Waals surface area (Å²) in [5.41, 5.74) is 1.19. The van der Waals surface area contributed by atoms with E-state index in [-0.39, 0.29) is 0 Å². The Bertz CT molecular complexity index is 510. The van der Waals surface area contributed by atoms with Gasteiger partial charge in [-0.1, -0.05) is 30.1 Å². The normalized spacial score (nSPS) is 11.2. The molecule has 0 spiro atoms.